The molecule has 1 fully saturated rings. The van der Waals surface area contributed by atoms with Crippen LogP contribution < -0.4 is 5.32 Å². The van der Waals surface area contributed by atoms with Crippen molar-refractivity contribution in [2.75, 3.05) is 20.3 Å². The Kier molecular flexibility index (Phi) is 19.0. The summed E-state index contributed by atoms with van der Waals surface area (Å²) in [7, 11) is 1.14. The van der Waals surface area contributed by atoms with Gasteiger partial charge < -0.3 is 46.9 Å². The number of hydrogen-bond acceptors (Lipinski definition) is 7. The second-order valence-corrected chi connectivity index (χ2v) is 7.34. The number of carboxylic acid groups (broad SMARTS) is 1. The molecule has 1 radical (unpaired) electrons. The molecule has 2 N–H and O–H groups in total. The van der Waals surface area contributed by atoms with E-state index in [1.165, 1.54) is 13.8 Å². The third-order valence-corrected chi connectivity index (χ3v) is 5.16. The molecular formula is C24H37CeN2O8. The van der Waals surface area contributed by atoms with Crippen LogP contribution in [0.4, 0.5) is 4.79 Å². The summed E-state index contributed by atoms with van der Waals surface area (Å²) in [5.41, 5.74) is -0.656. The standard InChI is InChI=1S/C21H28N2O8.3CH3.Ce/c1-14(31-15(2)24)17(18(25)29-3)22-19(26)21(10-7-11-23(21)20(27)28)13-30-12-16-8-5-4-6-9-16;;;;/h4-6,8-9,14,17H,7,10-13H2,1-3H3,(H,22,26)(H,27,28);3*1H3;/q;3*-1;+3/t14-,17+,21?;;;;/m1..../s1. The number of likely N-dealkylation sites (tertiary alicyclic amines) is 1. The molecular weight excluding hydrogens is 584 g/mol. The van der Waals surface area contributed by atoms with Gasteiger partial charge >= 0.3 is 59.8 Å². The summed E-state index contributed by atoms with van der Waals surface area (Å²) in [5.74, 6) is -2.17. The number of carbonyl (C=O) groups is 4. The van der Waals surface area contributed by atoms with Crippen LogP contribution in [0.1, 0.15) is 32.3 Å². The van der Waals surface area contributed by atoms with Crippen molar-refractivity contribution in [1.29, 1.82) is 0 Å². The number of hydrogen-bond donors (Lipinski definition) is 2. The first-order valence-electron chi connectivity index (χ1n) is 9.89. The first-order chi connectivity index (χ1) is 14.7. The van der Waals surface area contributed by atoms with Gasteiger partial charge in [0, 0.05) is 13.5 Å². The molecule has 35 heavy (non-hydrogen) atoms. The maximum absolute atomic E-state index is 13.3. The van der Waals surface area contributed by atoms with Crippen molar-refractivity contribution >= 4 is 23.9 Å². The molecule has 3 atom stereocenters. The SMILES string of the molecule is COC(=O)[C@@H](NC(=O)C1(COCc2ccccc2)CCCN1C(=O)O)[C@@H](C)OC(C)=O.[CH3-].[CH3-].[CH3-].[Ce+3]. The predicted octanol–water partition coefficient (Wildman–Crippen LogP) is 2.68. The number of carbonyl (C=O) groups excluding carboxylic acids is 3. The van der Waals surface area contributed by atoms with Crippen LogP contribution in [0.15, 0.2) is 30.3 Å². The molecule has 1 unspecified atom stereocenters. The van der Waals surface area contributed by atoms with E-state index >= 15 is 0 Å². The maximum Gasteiger partial charge on any atom is 3.00 e. The van der Waals surface area contributed by atoms with Gasteiger partial charge in [0.1, 0.15) is 11.6 Å². The Balaban J connectivity index is -0.00000256. The van der Waals surface area contributed by atoms with Crippen molar-refractivity contribution in [3.8, 4) is 0 Å². The summed E-state index contributed by atoms with van der Waals surface area (Å²) in [5, 5.41) is 12.2. The molecule has 0 bridgehead atoms. The van der Waals surface area contributed by atoms with E-state index in [9.17, 15) is 24.3 Å². The third-order valence-electron chi connectivity index (χ3n) is 5.16. The van der Waals surface area contributed by atoms with E-state index in [0.717, 1.165) is 17.6 Å². The second kappa shape index (κ2) is 17.6. The van der Waals surface area contributed by atoms with E-state index in [2.05, 4.69) is 5.32 Å². The minimum atomic E-state index is -1.52. The van der Waals surface area contributed by atoms with Crippen LogP contribution in [-0.2, 0) is 35.2 Å². The van der Waals surface area contributed by atoms with E-state index in [1.54, 1.807) is 0 Å². The van der Waals surface area contributed by atoms with Gasteiger partial charge in [0.2, 0.25) is 5.91 Å². The number of benzene rings is 1. The first kappa shape index (κ1) is 37.8. The van der Waals surface area contributed by atoms with Crippen molar-refractivity contribution in [1.82, 2.24) is 10.2 Å². The van der Waals surface area contributed by atoms with Crippen molar-refractivity contribution in [3.63, 3.8) is 0 Å². The Hall–Kier alpha value is -1.76. The molecule has 11 heteroatoms. The summed E-state index contributed by atoms with van der Waals surface area (Å²) in [4.78, 5) is 49.7. The average Bonchev–Trinajstić information content (AvgIpc) is 3.17. The monoisotopic (exact) mass is 621 g/mol. The van der Waals surface area contributed by atoms with Gasteiger partial charge in [-0.15, -0.1) is 0 Å². The Morgan fingerprint density at radius 1 is 1.14 bits per heavy atom. The molecule has 1 aromatic rings. The van der Waals surface area contributed by atoms with E-state index < -0.39 is 41.6 Å². The van der Waals surface area contributed by atoms with Crippen molar-refractivity contribution in [2.45, 2.75) is 51.0 Å². The number of methoxy groups -OCH3 is 1. The van der Waals surface area contributed by atoms with Crippen LogP contribution in [0, 0.1) is 64.0 Å². The summed E-state index contributed by atoms with van der Waals surface area (Å²) in [6.07, 6.45) is -1.61. The summed E-state index contributed by atoms with van der Waals surface area (Å²) in [6, 6.07) is 7.95. The van der Waals surface area contributed by atoms with Crippen LogP contribution in [-0.4, -0.2) is 71.9 Å². The largest absolute Gasteiger partial charge is 3.00 e. The number of rotatable bonds is 9. The van der Waals surface area contributed by atoms with Gasteiger partial charge in [-0.25, -0.2) is 9.59 Å². The van der Waals surface area contributed by atoms with E-state index in [0.29, 0.717) is 6.42 Å². The number of nitrogens with one attached hydrogen (secondary N) is 1. The Morgan fingerprint density at radius 3 is 2.26 bits per heavy atom. The van der Waals surface area contributed by atoms with Gasteiger partial charge in [-0.05, 0) is 25.3 Å². The summed E-state index contributed by atoms with van der Waals surface area (Å²) in [6.45, 7) is 2.75. The molecule has 2 rings (SSSR count). The zero-order chi connectivity index (χ0) is 23.0. The molecule has 0 saturated carbocycles. The van der Waals surface area contributed by atoms with E-state index in [-0.39, 0.29) is 90.2 Å². The van der Waals surface area contributed by atoms with Crippen LogP contribution in [0.2, 0.25) is 0 Å². The number of ether oxygens (including phenoxy) is 3. The fourth-order valence-corrected chi connectivity index (χ4v) is 3.62. The Bertz CT molecular complexity index is 808. The van der Waals surface area contributed by atoms with Crippen LogP contribution in [0.5, 0.6) is 0 Å². The molecule has 1 aliphatic rings. The molecule has 1 aromatic carbocycles. The second-order valence-electron chi connectivity index (χ2n) is 7.34. The first-order valence-corrected chi connectivity index (χ1v) is 9.89. The Morgan fingerprint density at radius 2 is 1.74 bits per heavy atom. The number of amides is 2. The molecule has 0 spiro atoms. The summed E-state index contributed by atoms with van der Waals surface area (Å²) < 4.78 is 15.5. The molecule has 10 nitrogen and oxygen atoms in total. The number of esters is 2. The fourth-order valence-electron chi connectivity index (χ4n) is 3.62. The van der Waals surface area contributed by atoms with E-state index in [1.807, 2.05) is 30.3 Å². The number of nitrogens with zero attached hydrogens (tertiary/aromatic N) is 1. The molecule has 1 saturated heterocycles. The van der Waals surface area contributed by atoms with Gasteiger partial charge in [0.05, 0.1) is 20.3 Å². The fraction of sp³-hybridized carbons (Fsp3) is 0.458. The van der Waals surface area contributed by atoms with Gasteiger partial charge in [-0.1, -0.05) is 30.3 Å². The minimum absolute atomic E-state index is 0. The zero-order valence-corrected chi connectivity index (χ0v) is 24.5. The average molecular weight is 622 g/mol. The molecule has 0 aromatic heterocycles. The molecule has 1 aliphatic heterocycles. The zero-order valence-electron chi connectivity index (χ0n) is 21.3. The van der Waals surface area contributed by atoms with Gasteiger partial charge in [0.25, 0.3) is 0 Å². The molecule has 195 valence electrons. The van der Waals surface area contributed by atoms with Gasteiger partial charge in [-0.2, -0.15) is 0 Å². The van der Waals surface area contributed by atoms with Crippen LogP contribution in [0.25, 0.3) is 0 Å². The Labute approximate surface area is 242 Å². The molecule has 0 aliphatic carbocycles. The molecule has 1 heterocycles. The van der Waals surface area contributed by atoms with E-state index in [4.69, 9.17) is 14.2 Å². The third kappa shape index (κ3) is 10.0. The maximum atomic E-state index is 13.3. The quantitative estimate of drug-likeness (QED) is 0.318. The predicted molar refractivity (Wildman–Crippen MR) is 127 cm³/mol. The van der Waals surface area contributed by atoms with Crippen molar-refractivity contribution in [2.24, 2.45) is 0 Å². The minimum Gasteiger partial charge on any atom is -0.467 e. The topological polar surface area (TPSA) is 131 Å². The van der Waals surface area contributed by atoms with Gasteiger partial charge in [-0.3, -0.25) is 14.5 Å². The van der Waals surface area contributed by atoms with Gasteiger partial charge in [0.15, 0.2) is 6.04 Å². The van der Waals surface area contributed by atoms with Crippen molar-refractivity contribution < 1.29 is 80.2 Å². The van der Waals surface area contributed by atoms with Crippen LogP contribution in [0.3, 0.4) is 0 Å². The van der Waals surface area contributed by atoms with Crippen molar-refractivity contribution in [3.05, 3.63) is 58.2 Å². The summed E-state index contributed by atoms with van der Waals surface area (Å²) >= 11 is 0. The molecule has 2 amide bonds. The van der Waals surface area contributed by atoms with Crippen LogP contribution >= 0.6 is 0 Å². The normalized spacial score (nSPS) is 17.6. The smallest absolute Gasteiger partial charge is 0.467 e.